The molecule has 1 heterocycles. The molecule has 2 unspecified atom stereocenters. The molecule has 0 aromatic carbocycles. The van der Waals surface area contributed by atoms with Crippen molar-refractivity contribution in [2.24, 2.45) is 24.3 Å². The van der Waals surface area contributed by atoms with Crippen LogP contribution in [0.5, 0.6) is 0 Å². The Morgan fingerprint density at radius 1 is 1.18 bits per heavy atom. The number of aryl methyl sites for hydroxylation is 1. The summed E-state index contributed by atoms with van der Waals surface area (Å²) < 4.78 is 7.55. The molecular formula is C22H30N2O4. The molecule has 1 aromatic rings. The Morgan fingerprint density at radius 2 is 1.82 bits per heavy atom. The predicted octanol–water partition coefficient (Wildman–Crippen LogP) is 2.84. The van der Waals surface area contributed by atoms with Gasteiger partial charge in [-0.1, -0.05) is 0 Å². The number of carbonyl (C=O) groups is 3. The Kier molecular flexibility index (Phi) is 4.43. The van der Waals surface area contributed by atoms with Gasteiger partial charge in [0.15, 0.2) is 6.61 Å². The van der Waals surface area contributed by atoms with Gasteiger partial charge >= 0.3 is 5.97 Å². The molecule has 28 heavy (non-hydrogen) atoms. The Labute approximate surface area is 166 Å². The molecule has 6 nitrogen and oxygen atoms in total. The molecule has 4 fully saturated rings. The molecular weight excluding hydrogens is 356 g/mol. The van der Waals surface area contributed by atoms with Crippen molar-refractivity contribution in [2.45, 2.75) is 64.8 Å². The average molecular weight is 386 g/mol. The maximum atomic E-state index is 13.1. The Balaban J connectivity index is 1.48. The molecule has 0 radical (unpaired) electrons. The van der Waals surface area contributed by atoms with Gasteiger partial charge in [-0.2, -0.15) is 0 Å². The van der Waals surface area contributed by atoms with Crippen LogP contribution in [0.1, 0.15) is 67.2 Å². The van der Waals surface area contributed by atoms with E-state index in [1.54, 1.807) is 6.92 Å². The van der Waals surface area contributed by atoms with Crippen LogP contribution in [0.2, 0.25) is 0 Å². The van der Waals surface area contributed by atoms with Gasteiger partial charge in [-0.3, -0.25) is 14.4 Å². The lowest BCUT2D eigenvalue weighted by Crippen LogP contribution is -2.64. The lowest BCUT2D eigenvalue weighted by atomic mass is 9.47. The van der Waals surface area contributed by atoms with Crippen LogP contribution in [0.4, 0.5) is 0 Å². The number of hydrogen-bond acceptors (Lipinski definition) is 4. The second-order valence-electron chi connectivity index (χ2n) is 9.55. The molecule has 4 aliphatic carbocycles. The Bertz CT molecular complexity index is 839. The van der Waals surface area contributed by atoms with Crippen LogP contribution >= 0.6 is 0 Å². The second-order valence-corrected chi connectivity index (χ2v) is 9.55. The van der Waals surface area contributed by atoms with E-state index < -0.39 is 5.41 Å². The van der Waals surface area contributed by atoms with E-state index in [1.807, 2.05) is 31.5 Å². The monoisotopic (exact) mass is 386 g/mol. The molecule has 0 aliphatic heterocycles. The second kappa shape index (κ2) is 6.46. The van der Waals surface area contributed by atoms with Crippen LogP contribution in [0.15, 0.2) is 6.07 Å². The van der Waals surface area contributed by atoms with Crippen molar-refractivity contribution in [1.29, 1.82) is 0 Å². The van der Waals surface area contributed by atoms with Gasteiger partial charge in [0, 0.05) is 36.5 Å². The number of rotatable bonds is 5. The van der Waals surface area contributed by atoms with Crippen molar-refractivity contribution in [3.8, 4) is 0 Å². The fourth-order valence-electron chi connectivity index (χ4n) is 6.52. The van der Waals surface area contributed by atoms with Crippen LogP contribution < -0.4 is 5.32 Å². The lowest BCUT2D eigenvalue weighted by Gasteiger charge is -2.60. The third-order valence-corrected chi connectivity index (χ3v) is 7.35. The molecule has 1 N–H and O–H groups in total. The first-order valence-corrected chi connectivity index (χ1v) is 10.3. The zero-order valence-electron chi connectivity index (χ0n) is 17.3. The molecule has 4 aliphatic rings. The zero-order valence-corrected chi connectivity index (χ0v) is 17.3. The van der Waals surface area contributed by atoms with Gasteiger partial charge in [-0.25, -0.2) is 0 Å². The normalized spacial score (nSPS) is 33.0. The van der Waals surface area contributed by atoms with Crippen molar-refractivity contribution in [3.63, 3.8) is 0 Å². The predicted molar refractivity (Wildman–Crippen MR) is 104 cm³/mol. The molecule has 5 rings (SSSR count). The summed E-state index contributed by atoms with van der Waals surface area (Å²) in [7, 11) is 1.92. The molecule has 4 atom stereocenters. The van der Waals surface area contributed by atoms with Crippen molar-refractivity contribution in [1.82, 2.24) is 9.88 Å². The lowest BCUT2D eigenvalue weighted by molar-refractivity contribution is -0.174. The standard InChI is InChI=1S/C22H30N2O4/c1-13-5-18(14(2)24(13)4)19(26)11-28-20(27)21-7-16-6-17(8-21)10-22(9-16,12-21)23-15(3)25/h5,16-17H,6-12H2,1-4H3,(H,23,25)/t16-,17+,21?,22?. The highest BCUT2D eigenvalue weighted by molar-refractivity contribution is 5.99. The summed E-state index contributed by atoms with van der Waals surface area (Å²) in [6.45, 7) is 5.19. The van der Waals surface area contributed by atoms with Crippen molar-refractivity contribution < 1.29 is 19.1 Å². The van der Waals surface area contributed by atoms with E-state index in [-0.39, 0.29) is 29.8 Å². The van der Waals surface area contributed by atoms with Crippen molar-refractivity contribution in [2.75, 3.05) is 6.61 Å². The van der Waals surface area contributed by atoms with Crippen molar-refractivity contribution >= 4 is 17.7 Å². The van der Waals surface area contributed by atoms with E-state index in [1.165, 1.54) is 0 Å². The SMILES string of the molecule is CC(=O)NC12C[C@H]3C[C@@H](C1)CC(C(=O)OCC(=O)c1cc(C)n(C)c1C)(C3)C2. The number of hydrogen-bond donors (Lipinski definition) is 1. The van der Waals surface area contributed by atoms with E-state index in [0.717, 1.165) is 43.5 Å². The van der Waals surface area contributed by atoms with E-state index in [9.17, 15) is 14.4 Å². The third-order valence-electron chi connectivity index (χ3n) is 7.35. The zero-order chi connectivity index (χ0) is 20.3. The molecule has 0 saturated heterocycles. The first-order valence-electron chi connectivity index (χ1n) is 10.3. The highest BCUT2D eigenvalue weighted by atomic mass is 16.5. The van der Waals surface area contributed by atoms with Crippen LogP contribution in [0, 0.1) is 31.1 Å². The number of Topliss-reactive ketones (excluding diaryl/α,β-unsaturated/α-hetero) is 1. The fraction of sp³-hybridized carbons (Fsp3) is 0.682. The quantitative estimate of drug-likeness (QED) is 0.624. The van der Waals surface area contributed by atoms with Gasteiger partial charge in [-0.15, -0.1) is 0 Å². The van der Waals surface area contributed by atoms with Crippen LogP contribution in [-0.2, 0) is 21.4 Å². The van der Waals surface area contributed by atoms with Gasteiger partial charge in [0.2, 0.25) is 11.7 Å². The van der Waals surface area contributed by atoms with E-state index in [0.29, 0.717) is 23.8 Å². The number of nitrogens with zero attached hydrogens (tertiary/aromatic N) is 1. The summed E-state index contributed by atoms with van der Waals surface area (Å²) in [5.74, 6) is 0.465. The topological polar surface area (TPSA) is 77.4 Å². The first kappa shape index (κ1) is 19.2. The summed E-state index contributed by atoms with van der Waals surface area (Å²) in [5, 5.41) is 3.16. The largest absolute Gasteiger partial charge is 0.457 e. The molecule has 152 valence electrons. The van der Waals surface area contributed by atoms with Gasteiger partial charge in [0.25, 0.3) is 0 Å². The summed E-state index contributed by atoms with van der Waals surface area (Å²) in [6.07, 6.45) is 5.34. The molecule has 0 spiro atoms. The Hall–Kier alpha value is -2.11. The van der Waals surface area contributed by atoms with Crippen LogP contribution in [0.25, 0.3) is 0 Å². The van der Waals surface area contributed by atoms with E-state index in [4.69, 9.17) is 4.74 Å². The number of carbonyl (C=O) groups excluding carboxylic acids is 3. The van der Waals surface area contributed by atoms with E-state index in [2.05, 4.69) is 5.32 Å². The van der Waals surface area contributed by atoms with Gasteiger partial charge in [0.1, 0.15) is 0 Å². The number of ether oxygens (including phenoxy) is 1. The van der Waals surface area contributed by atoms with Crippen LogP contribution in [-0.4, -0.2) is 34.4 Å². The summed E-state index contributed by atoms with van der Waals surface area (Å²) in [5.41, 5.74) is 1.69. The first-order chi connectivity index (χ1) is 13.1. The minimum atomic E-state index is -0.547. The minimum absolute atomic E-state index is 0.0319. The highest BCUT2D eigenvalue weighted by Gasteiger charge is 2.61. The summed E-state index contributed by atoms with van der Waals surface area (Å²) in [4.78, 5) is 37.5. The number of nitrogens with one attached hydrogen (secondary N) is 1. The van der Waals surface area contributed by atoms with Gasteiger partial charge in [0.05, 0.1) is 5.41 Å². The third kappa shape index (κ3) is 3.07. The summed E-state index contributed by atoms with van der Waals surface area (Å²) in [6, 6.07) is 1.85. The van der Waals surface area contributed by atoms with Crippen LogP contribution in [0.3, 0.4) is 0 Å². The smallest absolute Gasteiger partial charge is 0.312 e. The molecule has 1 aromatic heterocycles. The molecule has 6 heteroatoms. The number of esters is 1. The maximum Gasteiger partial charge on any atom is 0.312 e. The minimum Gasteiger partial charge on any atom is -0.457 e. The molecule has 4 saturated carbocycles. The number of amides is 1. The Morgan fingerprint density at radius 3 is 2.36 bits per heavy atom. The number of ketones is 1. The number of aromatic nitrogens is 1. The molecule has 4 bridgehead atoms. The van der Waals surface area contributed by atoms with E-state index >= 15 is 0 Å². The van der Waals surface area contributed by atoms with Crippen molar-refractivity contribution in [3.05, 3.63) is 23.0 Å². The fourth-order valence-corrected chi connectivity index (χ4v) is 6.52. The molecule has 1 amide bonds. The van der Waals surface area contributed by atoms with Gasteiger partial charge < -0.3 is 14.6 Å². The van der Waals surface area contributed by atoms with Gasteiger partial charge in [-0.05, 0) is 70.3 Å². The summed E-state index contributed by atoms with van der Waals surface area (Å²) >= 11 is 0. The average Bonchev–Trinajstić information content (AvgIpc) is 2.84. The maximum absolute atomic E-state index is 13.1. The highest BCUT2D eigenvalue weighted by Crippen LogP contribution is 2.62.